The van der Waals surface area contributed by atoms with Crippen molar-refractivity contribution in [3.63, 3.8) is 0 Å². The fraction of sp³-hybridized carbons (Fsp3) is 0.471. The lowest BCUT2D eigenvalue weighted by atomic mass is 10.2. The molecule has 1 aromatic heterocycles. The highest BCUT2D eigenvalue weighted by atomic mass is 16.5. The Morgan fingerprint density at radius 2 is 1.50 bits per heavy atom. The van der Waals surface area contributed by atoms with Crippen molar-refractivity contribution in [3.05, 3.63) is 36.5 Å². The molecule has 4 rings (SSSR count). The van der Waals surface area contributed by atoms with Crippen LogP contribution in [0.5, 0.6) is 0 Å². The normalized spacial score (nSPS) is 18.8. The Morgan fingerprint density at radius 3 is 2.25 bits per heavy atom. The standard InChI is InChI=1S/C17H22N6O/c1-2-4-15(5-3-1)21-6-8-23(9-7-21)17-19-16(14-18-20-17)22-10-12-24-13-11-22/h1-5,14H,6-13H2. The summed E-state index contributed by atoms with van der Waals surface area (Å²) >= 11 is 0. The van der Waals surface area contributed by atoms with Crippen molar-refractivity contribution in [3.8, 4) is 0 Å². The molecular weight excluding hydrogens is 304 g/mol. The summed E-state index contributed by atoms with van der Waals surface area (Å²) in [4.78, 5) is 11.5. The number of hydrogen-bond acceptors (Lipinski definition) is 7. The Bertz CT molecular complexity index is 653. The van der Waals surface area contributed by atoms with Gasteiger partial charge in [0.25, 0.3) is 0 Å². The van der Waals surface area contributed by atoms with Crippen molar-refractivity contribution >= 4 is 17.5 Å². The molecule has 2 saturated heterocycles. The maximum Gasteiger partial charge on any atom is 0.247 e. The quantitative estimate of drug-likeness (QED) is 0.835. The zero-order chi connectivity index (χ0) is 16.2. The van der Waals surface area contributed by atoms with Crippen LogP contribution in [0.2, 0.25) is 0 Å². The third-order valence-electron chi connectivity index (χ3n) is 4.55. The van der Waals surface area contributed by atoms with Gasteiger partial charge in [-0.3, -0.25) is 0 Å². The molecular formula is C17H22N6O. The highest BCUT2D eigenvalue weighted by Gasteiger charge is 2.21. The Hall–Kier alpha value is -2.41. The van der Waals surface area contributed by atoms with E-state index in [9.17, 15) is 0 Å². The van der Waals surface area contributed by atoms with E-state index in [0.717, 1.165) is 64.2 Å². The molecule has 126 valence electrons. The molecule has 0 saturated carbocycles. The molecule has 3 heterocycles. The van der Waals surface area contributed by atoms with Crippen LogP contribution in [0.1, 0.15) is 0 Å². The van der Waals surface area contributed by atoms with E-state index < -0.39 is 0 Å². The van der Waals surface area contributed by atoms with E-state index in [1.807, 2.05) is 0 Å². The molecule has 2 fully saturated rings. The van der Waals surface area contributed by atoms with Crippen LogP contribution < -0.4 is 14.7 Å². The number of benzene rings is 1. The van der Waals surface area contributed by atoms with Gasteiger partial charge in [0.15, 0.2) is 5.82 Å². The zero-order valence-electron chi connectivity index (χ0n) is 13.7. The largest absolute Gasteiger partial charge is 0.378 e. The van der Waals surface area contributed by atoms with Gasteiger partial charge in [-0.25, -0.2) is 0 Å². The lowest BCUT2D eigenvalue weighted by Gasteiger charge is -2.36. The molecule has 2 aromatic rings. The van der Waals surface area contributed by atoms with Crippen molar-refractivity contribution in [2.45, 2.75) is 0 Å². The van der Waals surface area contributed by atoms with Gasteiger partial charge in [-0.2, -0.15) is 10.1 Å². The topological polar surface area (TPSA) is 57.6 Å². The van der Waals surface area contributed by atoms with Crippen LogP contribution >= 0.6 is 0 Å². The maximum absolute atomic E-state index is 5.40. The van der Waals surface area contributed by atoms with Gasteiger partial charge < -0.3 is 19.4 Å². The van der Waals surface area contributed by atoms with Crippen LogP contribution in [0, 0.1) is 0 Å². The smallest absolute Gasteiger partial charge is 0.247 e. The molecule has 0 aliphatic carbocycles. The first kappa shape index (κ1) is 15.1. The number of anilines is 3. The number of piperazine rings is 1. The third-order valence-corrected chi connectivity index (χ3v) is 4.55. The summed E-state index contributed by atoms with van der Waals surface area (Å²) in [6.07, 6.45) is 1.75. The van der Waals surface area contributed by atoms with Crippen molar-refractivity contribution < 1.29 is 4.74 Å². The van der Waals surface area contributed by atoms with Gasteiger partial charge in [0.05, 0.1) is 19.4 Å². The van der Waals surface area contributed by atoms with Crippen molar-refractivity contribution in [2.24, 2.45) is 0 Å². The molecule has 0 bridgehead atoms. The Balaban J connectivity index is 1.42. The number of para-hydroxylation sites is 1. The van der Waals surface area contributed by atoms with Gasteiger partial charge in [0.2, 0.25) is 5.95 Å². The van der Waals surface area contributed by atoms with Crippen LogP contribution in [0.3, 0.4) is 0 Å². The summed E-state index contributed by atoms with van der Waals surface area (Å²) in [6, 6.07) is 10.5. The van der Waals surface area contributed by atoms with E-state index in [0.29, 0.717) is 0 Å². The average molecular weight is 326 g/mol. The van der Waals surface area contributed by atoms with Gasteiger partial charge >= 0.3 is 0 Å². The van der Waals surface area contributed by atoms with E-state index in [1.165, 1.54) is 5.69 Å². The Morgan fingerprint density at radius 1 is 0.792 bits per heavy atom. The number of rotatable bonds is 3. The molecule has 1 aromatic carbocycles. The average Bonchev–Trinajstić information content (AvgIpc) is 2.70. The first-order valence-electron chi connectivity index (χ1n) is 8.47. The fourth-order valence-corrected chi connectivity index (χ4v) is 3.17. The SMILES string of the molecule is c1ccc(N2CCN(c3nncc(N4CCOCC4)n3)CC2)cc1. The van der Waals surface area contributed by atoms with Gasteiger partial charge in [-0.15, -0.1) is 5.10 Å². The molecule has 0 radical (unpaired) electrons. The molecule has 7 heteroatoms. The first-order valence-corrected chi connectivity index (χ1v) is 8.47. The minimum absolute atomic E-state index is 0.728. The summed E-state index contributed by atoms with van der Waals surface area (Å²) in [7, 11) is 0. The lowest BCUT2D eigenvalue weighted by Crippen LogP contribution is -2.47. The number of aromatic nitrogens is 3. The molecule has 0 N–H and O–H groups in total. The van der Waals surface area contributed by atoms with Crippen LogP contribution in [0.15, 0.2) is 36.5 Å². The summed E-state index contributed by atoms with van der Waals surface area (Å²) < 4.78 is 5.40. The first-order chi connectivity index (χ1) is 11.9. The summed E-state index contributed by atoms with van der Waals surface area (Å²) in [5.74, 6) is 1.63. The van der Waals surface area contributed by atoms with E-state index in [1.54, 1.807) is 6.20 Å². The zero-order valence-corrected chi connectivity index (χ0v) is 13.7. The summed E-state index contributed by atoms with van der Waals surface area (Å²) in [5, 5.41) is 8.41. The highest BCUT2D eigenvalue weighted by molar-refractivity contribution is 5.49. The van der Waals surface area contributed by atoms with Crippen molar-refractivity contribution in [2.75, 3.05) is 67.2 Å². The minimum atomic E-state index is 0.728. The number of ether oxygens (including phenoxy) is 1. The predicted octanol–water partition coefficient (Wildman–Crippen LogP) is 1.03. The second-order valence-corrected chi connectivity index (χ2v) is 6.02. The van der Waals surface area contributed by atoms with Crippen LogP contribution in [-0.2, 0) is 4.74 Å². The monoisotopic (exact) mass is 326 g/mol. The maximum atomic E-state index is 5.40. The Labute approximate surface area is 141 Å². The van der Waals surface area contributed by atoms with Crippen molar-refractivity contribution in [1.29, 1.82) is 0 Å². The molecule has 0 unspecified atom stereocenters. The third kappa shape index (κ3) is 3.26. The van der Waals surface area contributed by atoms with Crippen molar-refractivity contribution in [1.82, 2.24) is 15.2 Å². The number of morpholine rings is 1. The molecule has 0 amide bonds. The van der Waals surface area contributed by atoms with Crippen LogP contribution in [-0.4, -0.2) is 67.7 Å². The van der Waals surface area contributed by atoms with Crippen LogP contribution in [0.25, 0.3) is 0 Å². The lowest BCUT2D eigenvalue weighted by molar-refractivity contribution is 0.122. The van der Waals surface area contributed by atoms with E-state index in [2.05, 4.69) is 55.2 Å². The second-order valence-electron chi connectivity index (χ2n) is 6.02. The molecule has 0 spiro atoms. The highest BCUT2D eigenvalue weighted by Crippen LogP contribution is 2.19. The number of hydrogen-bond donors (Lipinski definition) is 0. The van der Waals surface area contributed by atoms with Gasteiger partial charge in [-0.05, 0) is 12.1 Å². The molecule has 7 nitrogen and oxygen atoms in total. The summed E-state index contributed by atoms with van der Waals surface area (Å²) in [6.45, 7) is 6.96. The minimum Gasteiger partial charge on any atom is -0.378 e. The van der Waals surface area contributed by atoms with Gasteiger partial charge in [0, 0.05) is 45.0 Å². The second kappa shape index (κ2) is 7.00. The van der Waals surface area contributed by atoms with E-state index >= 15 is 0 Å². The molecule has 24 heavy (non-hydrogen) atoms. The fourth-order valence-electron chi connectivity index (χ4n) is 3.17. The Kier molecular flexibility index (Phi) is 4.42. The van der Waals surface area contributed by atoms with E-state index in [4.69, 9.17) is 9.72 Å². The molecule has 2 aliphatic heterocycles. The van der Waals surface area contributed by atoms with E-state index in [-0.39, 0.29) is 0 Å². The predicted molar refractivity (Wildman–Crippen MR) is 93.7 cm³/mol. The number of nitrogens with zero attached hydrogens (tertiary/aromatic N) is 6. The molecule has 0 atom stereocenters. The van der Waals surface area contributed by atoms with Gasteiger partial charge in [-0.1, -0.05) is 18.2 Å². The summed E-state index contributed by atoms with van der Waals surface area (Å²) in [5.41, 5.74) is 1.28. The van der Waals surface area contributed by atoms with Crippen LogP contribution in [0.4, 0.5) is 17.5 Å². The molecule has 2 aliphatic rings. The van der Waals surface area contributed by atoms with Gasteiger partial charge in [0.1, 0.15) is 0 Å².